The number of anilines is 1. The first-order valence-electron chi connectivity index (χ1n) is 13.0. The highest BCUT2D eigenvalue weighted by Gasteiger charge is 2.28. The molecule has 0 amide bonds. The van der Waals surface area contributed by atoms with Gasteiger partial charge in [-0.1, -0.05) is 0 Å². The van der Waals surface area contributed by atoms with E-state index in [1.54, 1.807) is 88.4 Å². The molecule has 0 unspecified atom stereocenters. The van der Waals surface area contributed by atoms with Crippen molar-refractivity contribution in [1.82, 2.24) is 15.0 Å². The number of hydrogen-bond donors (Lipinski definition) is 1. The summed E-state index contributed by atoms with van der Waals surface area (Å²) in [5.41, 5.74) is 9.28. The van der Waals surface area contributed by atoms with Gasteiger partial charge < -0.3 is 14.8 Å². The maximum atomic E-state index is 12.8. The lowest BCUT2D eigenvalue weighted by atomic mass is 10.0. The Balaban J connectivity index is 1.71. The molecule has 2 aromatic carbocycles. The molecule has 0 aliphatic carbocycles. The van der Waals surface area contributed by atoms with Crippen LogP contribution in [0.4, 0.5) is 5.82 Å². The van der Waals surface area contributed by atoms with Crippen molar-refractivity contribution in [2.45, 2.75) is 27.7 Å². The summed E-state index contributed by atoms with van der Waals surface area (Å²) in [5, 5.41) is 0. The number of nitrogens with two attached hydrogens (primary N) is 1. The van der Waals surface area contributed by atoms with Gasteiger partial charge in [0.25, 0.3) is 0 Å². The monoisotopic (exact) mass is 602 g/mol. The molecule has 0 radical (unpaired) electrons. The molecule has 41 heavy (non-hydrogen) atoms. The highest BCUT2D eigenvalue weighted by molar-refractivity contribution is 7.49. The van der Waals surface area contributed by atoms with Crippen molar-refractivity contribution < 1.29 is 36.3 Å². The van der Waals surface area contributed by atoms with Gasteiger partial charge in [0.1, 0.15) is 22.8 Å². The fourth-order valence-corrected chi connectivity index (χ4v) is 6.16. The van der Waals surface area contributed by atoms with E-state index in [0.717, 1.165) is 0 Å². The van der Waals surface area contributed by atoms with Crippen molar-refractivity contribution >= 4 is 32.6 Å². The molecule has 2 aromatic heterocycles. The van der Waals surface area contributed by atoms with Gasteiger partial charge in [0.15, 0.2) is 5.65 Å². The van der Waals surface area contributed by atoms with Crippen LogP contribution in [0.15, 0.2) is 60.7 Å². The third-order valence-corrected chi connectivity index (χ3v) is 8.56. The van der Waals surface area contributed by atoms with Crippen molar-refractivity contribution in [3.05, 3.63) is 60.7 Å². The lowest BCUT2D eigenvalue weighted by Crippen LogP contribution is -2.03. The topological polar surface area (TPSA) is 154 Å². The number of nitrogen functional groups attached to an aromatic ring is 1. The van der Waals surface area contributed by atoms with Crippen LogP contribution in [0, 0.1) is 0 Å². The molecule has 2 N–H and O–H groups in total. The molecule has 0 saturated carbocycles. The standard InChI is InChI=1S/C27H32N4O8P2/c1-5-34-40(32,35-6-2)38-21-13-9-19(10-14-21)25-26(31-27-23(29-25)17-18-24(28)30-27)20-11-15-22(16-12-20)39-41(33,36-7-3)37-8-4/h9-18H,5-8H2,1-4H3,(H2,28,30,31). The number of aromatic nitrogens is 3. The van der Waals surface area contributed by atoms with Crippen LogP contribution in [0.25, 0.3) is 33.7 Å². The molecule has 2 heterocycles. The SMILES string of the molecule is CCOP(=O)(OCC)Oc1ccc(-c2nc3ccc(N)nc3nc2-c2ccc(OP(=O)(OCC)OCC)cc2)cc1. The number of nitrogens with zero attached hydrogens (tertiary/aromatic N) is 3. The van der Waals surface area contributed by atoms with Crippen LogP contribution in [0.3, 0.4) is 0 Å². The average Bonchev–Trinajstić information content (AvgIpc) is 2.93. The van der Waals surface area contributed by atoms with Gasteiger partial charge in [-0.05, 0) is 88.4 Å². The number of benzene rings is 2. The largest absolute Gasteiger partial charge is 0.530 e. The van der Waals surface area contributed by atoms with E-state index in [1.165, 1.54) is 0 Å². The zero-order valence-electron chi connectivity index (χ0n) is 23.2. The van der Waals surface area contributed by atoms with Crippen molar-refractivity contribution in [3.63, 3.8) is 0 Å². The summed E-state index contributed by atoms with van der Waals surface area (Å²) < 4.78 is 57.6. The fraction of sp³-hybridized carbons (Fsp3) is 0.296. The minimum atomic E-state index is -3.75. The summed E-state index contributed by atoms with van der Waals surface area (Å²) in [6.45, 7) is 7.49. The van der Waals surface area contributed by atoms with Crippen LogP contribution in [0.2, 0.25) is 0 Å². The Bertz CT molecular complexity index is 1550. The Morgan fingerprint density at radius 3 is 1.41 bits per heavy atom. The Morgan fingerprint density at radius 2 is 1.00 bits per heavy atom. The molecule has 0 aliphatic heterocycles. The Morgan fingerprint density at radius 1 is 0.585 bits per heavy atom. The molecule has 0 fully saturated rings. The van der Waals surface area contributed by atoms with Crippen LogP contribution in [-0.4, -0.2) is 41.4 Å². The second-order valence-electron chi connectivity index (χ2n) is 8.30. The summed E-state index contributed by atoms with van der Waals surface area (Å²) in [4.78, 5) is 13.9. The van der Waals surface area contributed by atoms with E-state index in [1.807, 2.05) is 0 Å². The van der Waals surface area contributed by atoms with Gasteiger partial charge in [-0.25, -0.2) is 24.1 Å². The second-order valence-corrected chi connectivity index (χ2v) is 11.5. The highest BCUT2D eigenvalue weighted by atomic mass is 31.2. The quantitative estimate of drug-likeness (QED) is 0.147. The van der Waals surface area contributed by atoms with Gasteiger partial charge in [0.05, 0.1) is 37.8 Å². The molecule has 0 bridgehead atoms. The minimum absolute atomic E-state index is 0.167. The van der Waals surface area contributed by atoms with Crippen molar-refractivity contribution in [2.75, 3.05) is 32.2 Å². The lowest BCUT2D eigenvalue weighted by Gasteiger charge is -2.18. The number of hydrogen-bond acceptors (Lipinski definition) is 12. The summed E-state index contributed by atoms with van der Waals surface area (Å²) in [7, 11) is -7.50. The first-order valence-corrected chi connectivity index (χ1v) is 16.0. The van der Waals surface area contributed by atoms with Crippen LogP contribution >= 0.6 is 15.6 Å². The van der Waals surface area contributed by atoms with Gasteiger partial charge in [-0.15, -0.1) is 0 Å². The van der Waals surface area contributed by atoms with Gasteiger partial charge in [0.2, 0.25) is 0 Å². The van der Waals surface area contributed by atoms with Crippen molar-refractivity contribution in [2.24, 2.45) is 0 Å². The van der Waals surface area contributed by atoms with Gasteiger partial charge >= 0.3 is 15.6 Å². The predicted octanol–water partition coefficient (Wildman–Crippen LogP) is 7.06. The first kappa shape index (κ1) is 30.6. The molecular weight excluding hydrogens is 570 g/mol. The van der Waals surface area contributed by atoms with Crippen LogP contribution < -0.4 is 14.8 Å². The summed E-state index contributed by atoms with van der Waals surface area (Å²) in [6.07, 6.45) is 0. The molecule has 14 heteroatoms. The molecule has 218 valence electrons. The third-order valence-electron chi connectivity index (χ3n) is 5.39. The Kier molecular flexibility index (Phi) is 10.1. The number of phosphoric ester groups is 2. The summed E-state index contributed by atoms with van der Waals surface area (Å²) in [5.74, 6) is 0.913. The van der Waals surface area contributed by atoms with E-state index in [9.17, 15) is 9.13 Å². The van der Waals surface area contributed by atoms with E-state index in [0.29, 0.717) is 51.0 Å². The summed E-state index contributed by atoms with van der Waals surface area (Å²) in [6, 6.07) is 17.0. The maximum Gasteiger partial charge on any atom is 0.530 e. The van der Waals surface area contributed by atoms with E-state index in [2.05, 4.69) is 4.98 Å². The number of rotatable bonds is 14. The average molecular weight is 603 g/mol. The number of phosphoric acid groups is 2. The second kappa shape index (κ2) is 13.5. The fourth-order valence-electron chi connectivity index (χ4n) is 3.78. The van der Waals surface area contributed by atoms with Crippen LogP contribution in [-0.2, 0) is 27.2 Å². The molecule has 0 spiro atoms. The Hall–Kier alpha value is -3.37. The molecule has 0 atom stereocenters. The molecule has 4 rings (SSSR count). The zero-order valence-corrected chi connectivity index (χ0v) is 25.0. The van der Waals surface area contributed by atoms with Crippen LogP contribution in [0.5, 0.6) is 11.5 Å². The normalized spacial score (nSPS) is 12.0. The minimum Gasteiger partial charge on any atom is -0.404 e. The maximum absolute atomic E-state index is 12.8. The molecular formula is C27H32N4O8P2. The van der Waals surface area contributed by atoms with E-state index in [-0.39, 0.29) is 26.4 Å². The Labute approximate surface area is 238 Å². The van der Waals surface area contributed by atoms with Crippen molar-refractivity contribution in [3.8, 4) is 34.0 Å². The zero-order chi connectivity index (χ0) is 29.5. The van der Waals surface area contributed by atoms with E-state index in [4.69, 9.17) is 42.8 Å². The smallest absolute Gasteiger partial charge is 0.404 e. The van der Waals surface area contributed by atoms with Gasteiger partial charge in [0, 0.05) is 11.1 Å². The number of fused-ring (bicyclic) bond motifs is 1. The molecule has 4 aromatic rings. The third kappa shape index (κ3) is 7.68. The summed E-state index contributed by atoms with van der Waals surface area (Å²) >= 11 is 0. The predicted molar refractivity (Wildman–Crippen MR) is 156 cm³/mol. The lowest BCUT2D eigenvalue weighted by molar-refractivity contribution is 0.166. The first-order chi connectivity index (χ1) is 19.7. The van der Waals surface area contributed by atoms with Gasteiger partial charge in [-0.3, -0.25) is 18.1 Å². The van der Waals surface area contributed by atoms with E-state index < -0.39 is 15.6 Å². The molecule has 0 saturated heterocycles. The van der Waals surface area contributed by atoms with Crippen LogP contribution in [0.1, 0.15) is 27.7 Å². The molecule has 0 aliphatic rings. The highest BCUT2D eigenvalue weighted by Crippen LogP contribution is 2.50. The van der Waals surface area contributed by atoms with E-state index >= 15 is 0 Å². The molecule has 12 nitrogen and oxygen atoms in total. The van der Waals surface area contributed by atoms with Gasteiger partial charge in [-0.2, -0.15) is 0 Å². The number of pyridine rings is 1. The van der Waals surface area contributed by atoms with Crippen molar-refractivity contribution in [1.29, 1.82) is 0 Å².